The monoisotopic (exact) mass is 203 g/mol. The summed E-state index contributed by atoms with van der Waals surface area (Å²) in [6.07, 6.45) is 0.220. The SMILES string of the molecule is CC(C)C1SCC(CC(=O)O)C1N. The van der Waals surface area contributed by atoms with Gasteiger partial charge in [0.1, 0.15) is 0 Å². The molecule has 76 valence electrons. The van der Waals surface area contributed by atoms with E-state index in [4.69, 9.17) is 10.8 Å². The fraction of sp³-hybridized carbons (Fsp3) is 0.889. The summed E-state index contributed by atoms with van der Waals surface area (Å²) in [6, 6.07) is 0.0566. The van der Waals surface area contributed by atoms with Crippen LogP contribution in [0.4, 0.5) is 0 Å². The summed E-state index contributed by atoms with van der Waals surface area (Å²) in [5.41, 5.74) is 5.99. The Morgan fingerprint density at radius 3 is 2.69 bits per heavy atom. The van der Waals surface area contributed by atoms with Gasteiger partial charge in [-0.2, -0.15) is 11.8 Å². The molecule has 0 radical (unpaired) electrons. The molecule has 1 fully saturated rings. The van der Waals surface area contributed by atoms with E-state index >= 15 is 0 Å². The van der Waals surface area contributed by atoms with Gasteiger partial charge in [-0.25, -0.2) is 0 Å². The fourth-order valence-corrected chi connectivity index (χ4v) is 3.42. The number of aliphatic carboxylic acids is 1. The van der Waals surface area contributed by atoms with E-state index in [0.29, 0.717) is 11.2 Å². The van der Waals surface area contributed by atoms with Crippen molar-refractivity contribution in [2.24, 2.45) is 17.6 Å². The minimum atomic E-state index is -0.731. The van der Waals surface area contributed by atoms with Crippen LogP contribution >= 0.6 is 11.8 Å². The third kappa shape index (κ3) is 2.61. The van der Waals surface area contributed by atoms with Crippen LogP contribution in [0.2, 0.25) is 0 Å². The van der Waals surface area contributed by atoms with Crippen molar-refractivity contribution in [3.05, 3.63) is 0 Å². The average molecular weight is 203 g/mol. The lowest BCUT2D eigenvalue weighted by molar-refractivity contribution is -0.138. The summed E-state index contributed by atoms with van der Waals surface area (Å²) in [5.74, 6) is 0.871. The molecular weight excluding hydrogens is 186 g/mol. The largest absolute Gasteiger partial charge is 0.481 e. The van der Waals surface area contributed by atoms with E-state index in [0.717, 1.165) is 5.75 Å². The molecule has 3 nitrogen and oxygen atoms in total. The highest BCUT2D eigenvalue weighted by atomic mass is 32.2. The lowest BCUT2D eigenvalue weighted by Crippen LogP contribution is -2.38. The van der Waals surface area contributed by atoms with E-state index in [1.807, 2.05) is 11.8 Å². The molecule has 0 aliphatic carbocycles. The summed E-state index contributed by atoms with van der Waals surface area (Å²) in [7, 11) is 0. The maximum Gasteiger partial charge on any atom is 0.303 e. The number of hydrogen-bond donors (Lipinski definition) is 2. The van der Waals surface area contributed by atoms with Crippen LogP contribution in [0.5, 0.6) is 0 Å². The van der Waals surface area contributed by atoms with Crippen molar-refractivity contribution >= 4 is 17.7 Å². The molecule has 0 spiro atoms. The van der Waals surface area contributed by atoms with Crippen molar-refractivity contribution < 1.29 is 9.90 Å². The molecule has 0 amide bonds. The van der Waals surface area contributed by atoms with E-state index < -0.39 is 5.97 Å². The van der Waals surface area contributed by atoms with Gasteiger partial charge in [-0.15, -0.1) is 0 Å². The molecule has 1 rings (SSSR count). The second-order valence-corrected chi connectivity index (χ2v) is 5.19. The Balaban J connectivity index is 2.49. The summed E-state index contributed by atoms with van der Waals surface area (Å²) in [6.45, 7) is 4.28. The second kappa shape index (κ2) is 4.33. The quantitative estimate of drug-likeness (QED) is 0.723. The zero-order valence-electron chi connectivity index (χ0n) is 8.06. The first kappa shape index (κ1) is 10.9. The Morgan fingerprint density at radius 2 is 2.31 bits per heavy atom. The highest BCUT2D eigenvalue weighted by molar-refractivity contribution is 8.00. The van der Waals surface area contributed by atoms with Crippen molar-refractivity contribution in [2.75, 3.05) is 5.75 Å². The molecule has 0 bridgehead atoms. The molecule has 0 aromatic rings. The normalized spacial score (nSPS) is 34.0. The van der Waals surface area contributed by atoms with Crippen LogP contribution in [0, 0.1) is 11.8 Å². The molecule has 1 aliphatic heterocycles. The minimum Gasteiger partial charge on any atom is -0.481 e. The zero-order chi connectivity index (χ0) is 10.0. The van der Waals surface area contributed by atoms with Crippen molar-refractivity contribution in [3.8, 4) is 0 Å². The first-order valence-electron chi connectivity index (χ1n) is 4.61. The van der Waals surface area contributed by atoms with Crippen LogP contribution in [-0.4, -0.2) is 28.1 Å². The third-order valence-electron chi connectivity index (χ3n) is 2.52. The van der Waals surface area contributed by atoms with E-state index in [-0.39, 0.29) is 18.4 Å². The molecule has 1 saturated heterocycles. The predicted molar refractivity (Wildman–Crippen MR) is 54.8 cm³/mol. The number of carboxylic acids is 1. The smallest absolute Gasteiger partial charge is 0.303 e. The summed E-state index contributed by atoms with van der Waals surface area (Å²) < 4.78 is 0. The molecule has 3 unspecified atom stereocenters. The van der Waals surface area contributed by atoms with Gasteiger partial charge >= 0.3 is 5.97 Å². The van der Waals surface area contributed by atoms with Crippen LogP contribution in [0.25, 0.3) is 0 Å². The van der Waals surface area contributed by atoms with Gasteiger partial charge in [0.2, 0.25) is 0 Å². The molecule has 0 aromatic heterocycles. The van der Waals surface area contributed by atoms with Gasteiger partial charge < -0.3 is 10.8 Å². The Labute approximate surface area is 83.1 Å². The highest BCUT2D eigenvalue weighted by Crippen LogP contribution is 2.36. The molecule has 0 aromatic carbocycles. The second-order valence-electron chi connectivity index (χ2n) is 3.98. The molecule has 0 saturated carbocycles. The predicted octanol–water partition coefficient (Wildman–Crippen LogP) is 1.18. The van der Waals surface area contributed by atoms with Gasteiger partial charge in [0.25, 0.3) is 0 Å². The topological polar surface area (TPSA) is 63.3 Å². The van der Waals surface area contributed by atoms with Gasteiger partial charge in [-0.1, -0.05) is 13.8 Å². The molecule has 13 heavy (non-hydrogen) atoms. The maximum absolute atomic E-state index is 10.5. The highest BCUT2D eigenvalue weighted by Gasteiger charge is 2.36. The number of rotatable bonds is 3. The molecule has 3 N–H and O–H groups in total. The van der Waals surface area contributed by atoms with Crippen molar-refractivity contribution in [1.82, 2.24) is 0 Å². The first-order valence-corrected chi connectivity index (χ1v) is 5.66. The number of thioether (sulfide) groups is 1. The Kier molecular flexibility index (Phi) is 3.62. The number of carboxylic acid groups (broad SMARTS) is 1. The molecule has 1 aliphatic rings. The standard InChI is InChI=1S/C9H17NO2S/c1-5(2)9-8(10)6(4-13-9)3-7(11)12/h5-6,8-9H,3-4,10H2,1-2H3,(H,11,12). The van der Waals surface area contributed by atoms with Gasteiger partial charge in [0.05, 0.1) is 6.42 Å². The van der Waals surface area contributed by atoms with Gasteiger partial charge in [-0.3, -0.25) is 4.79 Å². The Bertz CT molecular complexity index is 196. The molecular formula is C9H17NO2S. The number of hydrogen-bond acceptors (Lipinski definition) is 3. The Morgan fingerprint density at radius 1 is 1.69 bits per heavy atom. The zero-order valence-corrected chi connectivity index (χ0v) is 8.88. The third-order valence-corrected chi connectivity index (χ3v) is 4.38. The molecule has 4 heteroatoms. The molecule has 3 atom stereocenters. The van der Waals surface area contributed by atoms with E-state index in [2.05, 4.69) is 13.8 Å². The average Bonchev–Trinajstić information content (AvgIpc) is 2.32. The van der Waals surface area contributed by atoms with Gasteiger partial charge in [0, 0.05) is 11.3 Å². The van der Waals surface area contributed by atoms with Gasteiger partial charge in [0.15, 0.2) is 0 Å². The summed E-state index contributed by atoms with van der Waals surface area (Å²) in [4.78, 5) is 10.5. The summed E-state index contributed by atoms with van der Waals surface area (Å²) >= 11 is 1.82. The fourth-order valence-electron chi connectivity index (χ4n) is 1.78. The van der Waals surface area contributed by atoms with Crippen LogP contribution in [0.1, 0.15) is 20.3 Å². The molecule has 1 heterocycles. The minimum absolute atomic E-state index is 0.0566. The number of nitrogens with two attached hydrogens (primary N) is 1. The van der Waals surface area contributed by atoms with E-state index in [1.165, 1.54) is 0 Å². The first-order chi connectivity index (χ1) is 6.02. The van der Waals surface area contributed by atoms with E-state index in [1.54, 1.807) is 0 Å². The van der Waals surface area contributed by atoms with Crippen LogP contribution < -0.4 is 5.73 Å². The van der Waals surface area contributed by atoms with Crippen molar-refractivity contribution in [3.63, 3.8) is 0 Å². The summed E-state index contributed by atoms with van der Waals surface area (Å²) in [5, 5.41) is 9.09. The van der Waals surface area contributed by atoms with Crippen LogP contribution in [-0.2, 0) is 4.79 Å². The van der Waals surface area contributed by atoms with E-state index in [9.17, 15) is 4.79 Å². The van der Waals surface area contributed by atoms with Crippen molar-refractivity contribution in [2.45, 2.75) is 31.6 Å². The lowest BCUT2D eigenvalue weighted by Gasteiger charge is -2.21. The maximum atomic E-state index is 10.5. The van der Waals surface area contributed by atoms with Crippen molar-refractivity contribution in [1.29, 1.82) is 0 Å². The van der Waals surface area contributed by atoms with Gasteiger partial charge in [-0.05, 0) is 17.6 Å². The lowest BCUT2D eigenvalue weighted by atomic mass is 9.92. The number of carbonyl (C=O) groups is 1. The Hall–Kier alpha value is -0.220. The van der Waals surface area contributed by atoms with Crippen LogP contribution in [0.15, 0.2) is 0 Å². The van der Waals surface area contributed by atoms with Crippen LogP contribution in [0.3, 0.4) is 0 Å².